The molecule has 0 spiro atoms. The number of aliphatic hydroxyl groups excluding tert-OH is 1. The molecule has 0 saturated carbocycles. The van der Waals surface area contributed by atoms with Gasteiger partial charge in [0.05, 0.1) is 24.3 Å². The van der Waals surface area contributed by atoms with Crippen molar-refractivity contribution < 1.29 is 29.5 Å². The molecule has 0 bridgehead atoms. The second-order valence-electron chi connectivity index (χ2n) is 9.22. The smallest absolute Gasteiger partial charge is 0.269 e. The van der Waals surface area contributed by atoms with Gasteiger partial charge in [-0.25, -0.2) is 0 Å². The van der Waals surface area contributed by atoms with E-state index in [2.05, 4.69) is 5.32 Å². The Morgan fingerprint density at radius 1 is 1.15 bits per heavy atom. The van der Waals surface area contributed by atoms with Crippen LogP contribution in [0.1, 0.15) is 34.8 Å². The molecule has 0 aliphatic carbocycles. The van der Waals surface area contributed by atoms with Crippen LogP contribution in [0.5, 0.6) is 5.75 Å². The summed E-state index contributed by atoms with van der Waals surface area (Å²) in [7, 11) is 1.55. The van der Waals surface area contributed by atoms with Crippen molar-refractivity contribution in [3.63, 3.8) is 0 Å². The van der Waals surface area contributed by atoms with Gasteiger partial charge in [0.1, 0.15) is 5.75 Å². The second-order valence-corrected chi connectivity index (χ2v) is 9.22. The number of hydrogen-bond donors (Lipinski definition) is 3. The monoisotopic (exact) mass is 531 g/mol. The lowest BCUT2D eigenvalue weighted by molar-refractivity contribution is -0.385. The first-order valence-electron chi connectivity index (χ1n) is 12.3. The number of fused-ring (bicyclic) bond motifs is 1. The maximum Gasteiger partial charge on any atom is 0.269 e. The molecule has 1 heterocycles. The molecule has 1 aliphatic heterocycles. The first-order valence-corrected chi connectivity index (χ1v) is 12.3. The SMILES string of the molecule is COc1ccc(C(=O)Nc2ccc(CN3C(=O)[C@](O)([C@H](C)/C=C/CCO)c4cc([N+](=O)[O-])ccc43)cc2)cc1. The molecule has 3 aromatic rings. The topological polar surface area (TPSA) is 142 Å². The molecule has 4 rings (SSSR count). The molecule has 3 aromatic carbocycles. The number of hydrogen-bond acceptors (Lipinski definition) is 7. The zero-order valence-electron chi connectivity index (χ0n) is 21.5. The van der Waals surface area contributed by atoms with Gasteiger partial charge in [-0.15, -0.1) is 0 Å². The minimum atomic E-state index is -2.01. The van der Waals surface area contributed by atoms with Gasteiger partial charge in [0, 0.05) is 41.5 Å². The largest absolute Gasteiger partial charge is 0.497 e. The van der Waals surface area contributed by atoms with E-state index in [1.165, 1.54) is 23.1 Å². The average molecular weight is 532 g/mol. The summed E-state index contributed by atoms with van der Waals surface area (Å²) < 4.78 is 5.11. The number of amides is 2. The van der Waals surface area contributed by atoms with Crippen LogP contribution in [0.4, 0.5) is 17.1 Å². The molecule has 202 valence electrons. The van der Waals surface area contributed by atoms with E-state index in [1.54, 1.807) is 74.7 Å². The first kappa shape index (κ1) is 27.5. The molecule has 0 fully saturated rings. The summed E-state index contributed by atoms with van der Waals surface area (Å²) in [6, 6.07) is 17.6. The molecule has 10 nitrogen and oxygen atoms in total. The van der Waals surface area contributed by atoms with Gasteiger partial charge >= 0.3 is 0 Å². The second kappa shape index (κ2) is 11.5. The summed E-state index contributed by atoms with van der Waals surface area (Å²) in [5, 5.41) is 35.0. The third-order valence-corrected chi connectivity index (χ3v) is 6.75. The number of nitro groups is 1. The van der Waals surface area contributed by atoms with Crippen LogP contribution in [-0.2, 0) is 16.9 Å². The predicted molar refractivity (Wildman–Crippen MR) is 146 cm³/mol. The lowest BCUT2D eigenvalue weighted by Gasteiger charge is -2.27. The summed E-state index contributed by atoms with van der Waals surface area (Å²) in [4.78, 5) is 38.4. The van der Waals surface area contributed by atoms with Gasteiger partial charge in [-0.3, -0.25) is 19.7 Å². The van der Waals surface area contributed by atoms with Crippen LogP contribution in [0, 0.1) is 16.0 Å². The zero-order valence-corrected chi connectivity index (χ0v) is 21.5. The Hall–Kier alpha value is -4.54. The number of aliphatic hydroxyl groups is 2. The van der Waals surface area contributed by atoms with Crippen LogP contribution in [0.25, 0.3) is 0 Å². The highest BCUT2D eigenvalue weighted by Gasteiger charge is 2.53. The standard InChI is InChI=1S/C29H29N3O7/c1-19(5-3-4-16-33)29(36)25-17-23(32(37)38)12-15-26(25)31(28(29)35)18-20-6-10-22(11-7-20)30-27(34)21-8-13-24(39-2)14-9-21/h3,5-15,17,19,33,36H,4,16,18H2,1-2H3,(H,30,34)/b5-3+/t19-,29+/m1/s1. The van der Waals surface area contributed by atoms with Crippen molar-refractivity contribution in [1.82, 2.24) is 0 Å². The molecular weight excluding hydrogens is 502 g/mol. The van der Waals surface area contributed by atoms with Crippen LogP contribution < -0.4 is 15.0 Å². The van der Waals surface area contributed by atoms with Crippen molar-refractivity contribution in [3.8, 4) is 5.75 Å². The van der Waals surface area contributed by atoms with Crippen LogP contribution in [0.15, 0.2) is 78.9 Å². The third-order valence-electron chi connectivity index (χ3n) is 6.75. The van der Waals surface area contributed by atoms with Crippen molar-refractivity contribution in [3.05, 3.63) is 106 Å². The molecule has 2 atom stereocenters. The molecule has 2 amide bonds. The minimum absolute atomic E-state index is 0.0830. The number of nitrogens with one attached hydrogen (secondary N) is 1. The van der Waals surface area contributed by atoms with Gasteiger partial charge in [-0.05, 0) is 54.4 Å². The Bertz CT molecular complexity index is 1400. The molecule has 0 unspecified atom stereocenters. The van der Waals surface area contributed by atoms with Crippen LogP contribution >= 0.6 is 0 Å². The van der Waals surface area contributed by atoms with Crippen molar-refractivity contribution in [1.29, 1.82) is 0 Å². The van der Waals surface area contributed by atoms with Crippen molar-refractivity contribution in [2.45, 2.75) is 25.5 Å². The van der Waals surface area contributed by atoms with Crippen molar-refractivity contribution in [2.75, 3.05) is 23.9 Å². The van der Waals surface area contributed by atoms with Gasteiger partial charge in [0.15, 0.2) is 5.60 Å². The van der Waals surface area contributed by atoms with E-state index in [9.17, 15) is 24.8 Å². The van der Waals surface area contributed by atoms with E-state index in [0.29, 0.717) is 29.1 Å². The number of benzene rings is 3. The highest BCUT2D eigenvalue weighted by atomic mass is 16.6. The Balaban J connectivity index is 1.56. The third kappa shape index (κ3) is 5.52. The Kier molecular flexibility index (Phi) is 8.08. The van der Waals surface area contributed by atoms with E-state index in [0.717, 1.165) is 5.56 Å². The fourth-order valence-electron chi connectivity index (χ4n) is 4.54. The van der Waals surface area contributed by atoms with Crippen LogP contribution in [0.2, 0.25) is 0 Å². The summed E-state index contributed by atoms with van der Waals surface area (Å²) in [5.41, 5.74) is 0.0449. The predicted octanol–water partition coefficient (Wildman–Crippen LogP) is 4.16. The summed E-state index contributed by atoms with van der Waals surface area (Å²) in [5.74, 6) is -0.955. The molecule has 1 aliphatic rings. The molecule has 3 N–H and O–H groups in total. The van der Waals surface area contributed by atoms with Gasteiger partial charge in [-0.2, -0.15) is 0 Å². The number of non-ortho nitro benzene ring substituents is 1. The van der Waals surface area contributed by atoms with E-state index in [4.69, 9.17) is 9.84 Å². The highest BCUT2D eigenvalue weighted by Crippen LogP contribution is 2.47. The summed E-state index contributed by atoms with van der Waals surface area (Å²) >= 11 is 0. The molecule has 0 saturated heterocycles. The van der Waals surface area contributed by atoms with E-state index >= 15 is 0 Å². The maximum atomic E-state index is 13.6. The average Bonchev–Trinajstić information content (AvgIpc) is 3.16. The zero-order chi connectivity index (χ0) is 28.2. The normalized spacial score (nSPS) is 17.2. The van der Waals surface area contributed by atoms with Gasteiger partial charge < -0.3 is 25.2 Å². The first-order chi connectivity index (χ1) is 18.7. The number of nitrogens with zero attached hydrogens (tertiary/aromatic N) is 2. The van der Waals surface area contributed by atoms with Gasteiger partial charge in [0.2, 0.25) is 0 Å². The number of rotatable bonds is 10. The van der Waals surface area contributed by atoms with Crippen molar-refractivity contribution >= 4 is 28.9 Å². The number of nitro benzene ring substituents is 1. The molecular formula is C29H29N3O7. The molecule has 39 heavy (non-hydrogen) atoms. The molecule has 0 radical (unpaired) electrons. The number of methoxy groups -OCH3 is 1. The minimum Gasteiger partial charge on any atom is -0.497 e. The van der Waals surface area contributed by atoms with E-state index < -0.39 is 22.3 Å². The Morgan fingerprint density at radius 3 is 2.46 bits per heavy atom. The molecule has 0 aromatic heterocycles. The van der Waals surface area contributed by atoms with E-state index in [1.807, 2.05) is 0 Å². The maximum absolute atomic E-state index is 13.6. The quantitative estimate of drug-likeness (QED) is 0.203. The Morgan fingerprint density at radius 2 is 1.85 bits per heavy atom. The summed E-state index contributed by atoms with van der Waals surface area (Å²) in [6.45, 7) is 1.67. The number of anilines is 2. The number of ether oxygens (including phenoxy) is 1. The van der Waals surface area contributed by atoms with E-state index in [-0.39, 0.29) is 30.3 Å². The van der Waals surface area contributed by atoms with Gasteiger partial charge in [-0.1, -0.05) is 31.2 Å². The fourth-order valence-corrected chi connectivity index (χ4v) is 4.54. The Labute approximate surface area is 225 Å². The van der Waals surface area contributed by atoms with Crippen LogP contribution in [-0.4, -0.2) is 40.7 Å². The van der Waals surface area contributed by atoms with Crippen LogP contribution in [0.3, 0.4) is 0 Å². The summed E-state index contributed by atoms with van der Waals surface area (Å²) in [6.07, 6.45) is 3.64. The number of carbonyl (C=O) groups is 2. The van der Waals surface area contributed by atoms with Gasteiger partial charge in [0.25, 0.3) is 17.5 Å². The fraction of sp³-hybridized carbons (Fsp3) is 0.241. The van der Waals surface area contributed by atoms with Crippen molar-refractivity contribution in [2.24, 2.45) is 5.92 Å². The lowest BCUT2D eigenvalue weighted by atomic mass is 9.82. The highest BCUT2D eigenvalue weighted by molar-refractivity contribution is 6.07. The lowest BCUT2D eigenvalue weighted by Crippen LogP contribution is -2.44. The number of carbonyl (C=O) groups excluding carboxylic acids is 2. The molecule has 10 heteroatoms.